The summed E-state index contributed by atoms with van der Waals surface area (Å²) in [7, 11) is 5.54. The first kappa shape index (κ1) is 24.9. The van der Waals surface area contributed by atoms with Gasteiger partial charge in [0.1, 0.15) is 17.7 Å². The summed E-state index contributed by atoms with van der Waals surface area (Å²) >= 11 is 6.01. The number of ether oxygens (including phenoxy) is 1. The van der Waals surface area contributed by atoms with Gasteiger partial charge in [0.25, 0.3) is 0 Å². The molecular weight excluding hydrogens is 438 g/mol. The van der Waals surface area contributed by atoms with E-state index in [1.165, 1.54) is 6.42 Å². The van der Waals surface area contributed by atoms with Gasteiger partial charge in [0.05, 0.1) is 7.11 Å². The van der Waals surface area contributed by atoms with Crippen LogP contribution >= 0.6 is 11.6 Å². The maximum absolute atomic E-state index is 13.6. The summed E-state index contributed by atoms with van der Waals surface area (Å²) in [6.45, 7) is 0.251. The van der Waals surface area contributed by atoms with Gasteiger partial charge in [-0.2, -0.15) is 0 Å². The zero-order valence-electron chi connectivity index (χ0n) is 19.7. The van der Waals surface area contributed by atoms with Gasteiger partial charge in [0, 0.05) is 32.4 Å². The Balaban J connectivity index is 1.96. The fourth-order valence-corrected chi connectivity index (χ4v) is 4.48. The maximum atomic E-state index is 13.6. The summed E-state index contributed by atoms with van der Waals surface area (Å²) in [6, 6.07) is 14.6. The molecule has 0 spiro atoms. The van der Waals surface area contributed by atoms with E-state index in [9.17, 15) is 9.59 Å². The second-order valence-electron chi connectivity index (χ2n) is 8.74. The highest BCUT2D eigenvalue weighted by molar-refractivity contribution is 6.27. The summed E-state index contributed by atoms with van der Waals surface area (Å²) < 4.78 is 5.34. The Morgan fingerprint density at radius 3 is 2.39 bits per heavy atom. The van der Waals surface area contributed by atoms with Crippen molar-refractivity contribution in [3.63, 3.8) is 0 Å². The fourth-order valence-electron chi connectivity index (χ4n) is 4.32. The number of amides is 2. The molecule has 1 unspecified atom stereocenters. The third-order valence-corrected chi connectivity index (χ3v) is 6.39. The third-order valence-electron chi connectivity index (χ3n) is 6.16. The monoisotopic (exact) mass is 471 g/mol. The molecule has 7 heteroatoms. The van der Waals surface area contributed by atoms with E-state index >= 15 is 0 Å². The molecule has 6 nitrogen and oxygen atoms in total. The van der Waals surface area contributed by atoms with Crippen LogP contribution < -0.4 is 15.0 Å². The van der Waals surface area contributed by atoms with Crippen molar-refractivity contribution in [2.45, 2.75) is 50.7 Å². The number of carbonyl (C=O) groups is 2. The van der Waals surface area contributed by atoms with Gasteiger partial charge in [-0.05, 0) is 48.2 Å². The van der Waals surface area contributed by atoms with Crippen LogP contribution in [-0.2, 0) is 16.1 Å². The molecule has 0 aliphatic heterocycles. The van der Waals surface area contributed by atoms with E-state index < -0.39 is 6.04 Å². The summed E-state index contributed by atoms with van der Waals surface area (Å²) in [5, 5.41) is 3.21. The van der Waals surface area contributed by atoms with E-state index in [2.05, 4.69) is 5.32 Å². The molecule has 0 saturated heterocycles. The van der Waals surface area contributed by atoms with Crippen LogP contribution in [-0.4, -0.2) is 49.8 Å². The van der Waals surface area contributed by atoms with Gasteiger partial charge in [-0.3, -0.25) is 9.59 Å². The third kappa shape index (κ3) is 6.64. The van der Waals surface area contributed by atoms with E-state index in [1.54, 1.807) is 12.0 Å². The van der Waals surface area contributed by atoms with Crippen molar-refractivity contribution in [2.24, 2.45) is 0 Å². The summed E-state index contributed by atoms with van der Waals surface area (Å²) in [5.74, 6) is 0.0394. The average molecular weight is 472 g/mol. The highest BCUT2D eigenvalue weighted by Gasteiger charge is 2.32. The van der Waals surface area contributed by atoms with Gasteiger partial charge < -0.3 is 19.9 Å². The van der Waals surface area contributed by atoms with Crippen LogP contribution in [0.2, 0.25) is 0 Å². The Labute approximate surface area is 201 Å². The molecule has 1 N–H and O–H groups in total. The lowest BCUT2D eigenvalue weighted by atomic mass is 9.94. The minimum atomic E-state index is -0.777. The number of halogens is 1. The van der Waals surface area contributed by atoms with E-state index in [0.717, 1.165) is 42.5 Å². The van der Waals surface area contributed by atoms with Crippen molar-refractivity contribution in [3.05, 3.63) is 59.7 Å². The lowest BCUT2D eigenvalue weighted by Crippen LogP contribution is -2.47. The second kappa shape index (κ2) is 11.9. The number of anilines is 1. The van der Waals surface area contributed by atoms with E-state index in [4.69, 9.17) is 16.3 Å². The normalized spacial score (nSPS) is 14.9. The summed E-state index contributed by atoms with van der Waals surface area (Å²) in [5.41, 5.74) is 2.65. The molecule has 1 saturated carbocycles. The zero-order valence-corrected chi connectivity index (χ0v) is 20.5. The van der Waals surface area contributed by atoms with Crippen LogP contribution in [0.5, 0.6) is 5.75 Å². The number of nitrogens with zero attached hydrogens (tertiary/aromatic N) is 2. The van der Waals surface area contributed by atoms with E-state index in [1.807, 2.05) is 67.5 Å². The number of rotatable bonds is 9. The Kier molecular flexibility index (Phi) is 9.01. The lowest BCUT2D eigenvalue weighted by Gasteiger charge is -2.33. The first-order chi connectivity index (χ1) is 15.9. The van der Waals surface area contributed by atoms with Crippen molar-refractivity contribution in [1.82, 2.24) is 10.2 Å². The molecule has 1 fully saturated rings. The van der Waals surface area contributed by atoms with Crippen molar-refractivity contribution in [1.29, 1.82) is 0 Å². The highest BCUT2D eigenvalue weighted by atomic mass is 35.5. The standard InChI is InChI=1S/C26H34ClN3O3/c1-29(2)22-14-12-20(13-15-22)25(26(32)28-21-9-5-4-6-10-21)30(24(31)17-27)18-19-8-7-11-23(16-19)33-3/h7-8,11-16,21,25H,4-6,9-10,17-18H2,1-3H3,(H,28,32). The Bertz CT molecular complexity index is 927. The fraction of sp³-hybridized carbons (Fsp3) is 0.462. The molecule has 2 aromatic carbocycles. The lowest BCUT2D eigenvalue weighted by molar-refractivity contribution is -0.140. The Hall–Kier alpha value is -2.73. The molecule has 0 aromatic heterocycles. The zero-order chi connectivity index (χ0) is 23.8. The minimum absolute atomic E-state index is 0.138. The number of methoxy groups -OCH3 is 1. The Morgan fingerprint density at radius 2 is 1.79 bits per heavy atom. The number of hydrogen-bond acceptors (Lipinski definition) is 4. The van der Waals surface area contributed by atoms with Crippen molar-refractivity contribution < 1.29 is 14.3 Å². The van der Waals surface area contributed by atoms with E-state index in [-0.39, 0.29) is 30.3 Å². The van der Waals surface area contributed by atoms with Crippen molar-refractivity contribution in [3.8, 4) is 5.75 Å². The van der Waals surface area contributed by atoms with E-state index in [0.29, 0.717) is 5.75 Å². The molecule has 33 heavy (non-hydrogen) atoms. The summed E-state index contributed by atoms with van der Waals surface area (Å²) in [4.78, 5) is 30.2. The van der Waals surface area contributed by atoms with Gasteiger partial charge in [-0.25, -0.2) is 0 Å². The first-order valence-corrected chi connectivity index (χ1v) is 12.0. The molecule has 2 amide bonds. The number of alkyl halides is 1. The van der Waals surface area contributed by atoms with Crippen molar-refractivity contribution in [2.75, 3.05) is 32.0 Å². The number of carbonyl (C=O) groups excluding carboxylic acids is 2. The number of hydrogen-bond donors (Lipinski definition) is 1. The summed E-state index contributed by atoms with van der Waals surface area (Å²) in [6.07, 6.45) is 5.37. The molecule has 178 valence electrons. The molecule has 1 aliphatic rings. The SMILES string of the molecule is COc1cccc(CN(C(=O)CCl)C(C(=O)NC2CCCCC2)c2ccc(N(C)C)cc2)c1. The number of nitrogens with one attached hydrogen (secondary N) is 1. The topological polar surface area (TPSA) is 61.9 Å². The largest absolute Gasteiger partial charge is 0.497 e. The molecule has 2 aromatic rings. The predicted molar refractivity (Wildman–Crippen MR) is 133 cm³/mol. The smallest absolute Gasteiger partial charge is 0.247 e. The molecule has 0 bridgehead atoms. The van der Waals surface area contributed by atoms with Gasteiger partial charge in [-0.1, -0.05) is 43.5 Å². The van der Waals surface area contributed by atoms with Crippen LogP contribution in [0.1, 0.15) is 49.3 Å². The van der Waals surface area contributed by atoms with Crippen LogP contribution in [0.15, 0.2) is 48.5 Å². The van der Waals surface area contributed by atoms with Crippen molar-refractivity contribution >= 4 is 29.1 Å². The second-order valence-corrected chi connectivity index (χ2v) is 9.01. The highest BCUT2D eigenvalue weighted by Crippen LogP contribution is 2.28. The molecule has 0 radical (unpaired) electrons. The van der Waals surface area contributed by atoms with Crippen LogP contribution in [0.25, 0.3) is 0 Å². The van der Waals surface area contributed by atoms with Crippen LogP contribution in [0.4, 0.5) is 5.69 Å². The van der Waals surface area contributed by atoms with Gasteiger partial charge >= 0.3 is 0 Å². The number of benzene rings is 2. The molecule has 0 heterocycles. The average Bonchev–Trinajstić information content (AvgIpc) is 2.84. The van der Waals surface area contributed by atoms with Gasteiger partial charge in [0.2, 0.25) is 11.8 Å². The Morgan fingerprint density at radius 1 is 1.09 bits per heavy atom. The molecule has 1 atom stereocenters. The molecule has 1 aliphatic carbocycles. The van der Waals surface area contributed by atoms with Crippen LogP contribution in [0, 0.1) is 0 Å². The van der Waals surface area contributed by atoms with Crippen LogP contribution in [0.3, 0.4) is 0 Å². The first-order valence-electron chi connectivity index (χ1n) is 11.5. The predicted octanol–water partition coefficient (Wildman–Crippen LogP) is 4.52. The van der Waals surface area contributed by atoms with Gasteiger partial charge in [0.15, 0.2) is 0 Å². The molecular formula is C26H34ClN3O3. The minimum Gasteiger partial charge on any atom is -0.497 e. The molecule has 3 rings (SSSR count). The van der Waals surface area contributed by atoms with Gasteiger partial charge in [-0.15, -0.1) is 11.6 Å². The maximum Gasteiger partial charge on any atom is 0.247 e. The quantitative estimate of drug-likeness (QED) is 0.546.